The first-order valence-electron chi connectivity index (χ1n) is 4.53. The van der Waals surface area contributed by atoms with Gasteiger partial charge < -0.3 is 10.8 Å². The van der Waals surface area contributed by atoms with Gasteiger partial charge in [-0.25, -0.2) is 0 Å². The van der Waals surface area contributed by atoms with Crippen molar-refractivity contribution in [3.8, 4) is 5.75 Å². The molecule has 0 spiro atoms. The Morgan fingerprint density at radius 2 is 2.27 bits per heavy atom. The highest BCUT2D eigenvalue weighted by molar-refractivity contribution is 9.10. The molecule has 15 heavy (non-hydrogen) atoms. The first-order valence-corrected chi connectivity index (χ1v) is 5.32. The quantitative estimate of drug-likeness (QED) is 0.827. The Bertz CT molecular complexity index is 413. The summed E-state index contributed by atoms with van der Waals surface area (Å²) in [5.41, 5.74) is 6.39. The van der Waals surface area contributed by atoms with E-state index in [9.17, 15) is 9.90 Å². The van der Waals surface area contributed by atoms with Gasteiger partial charge in [-0.1, -0.05) is 22.9 Å². The maximum Gasteiger partial charge on any atom is 0.241 e. The van der Waals surface area contributed by atoms with Crippen LogP contribution in [0.25, 0.3) is 6.08 Å². The number of hydrogen-bond donors (Lipinski definition) is 2. The van der Waals surface area contributed by atoms with Gasteiger partial charge in [-0.2, -0.15) is 0 Å². The molecular weight excluding hydrogens is 258 g/mol. The summed E-state index contributed by atoms with van der Waals surface area (Å²) in [4.78, 5) is 10.6. The van der Waals surface area contributed by atoms with E-state index in [2.05, 4.69) is 15.9 Å². The average molecular weight is 270 g/mol. The van der Waals surface area contributed by atoms with Gasteiger partial charge in [-0.15, -0.1) is 0 Å². The minimum Gasteiger partial charge on any atom is -0.507 e. The zero-order chi connectivity index (χ0) is 11.4. The monoisotopic (exact) mass is 269 g/mol. The van der Waals surface area contributed by atoms with Crippen LogP contribution >= 0.6 is 15.9 Å². The Labute approximate surface area is 96.7 Å². The van der Waals surface area contributed by atoms with Crippen LogP contribution in [0.4, 0.5) is 0 Å². The van der Waals surface area contributed by atoms with Gasteiger partial charge in [0.05, 0.1) is 0 Å². The lowest BCUT2D eigenvalue weighted by Gasteiger charge is -2.06. The number of phenols is 1. The van der Waals surface area contributed by atoms with E-state index < -0.39 is 5.91 Å². The third-order valence-electron chi connectivity index (χ3n) is 1.99. The summed E-state index contributed by atoms with van der Waals surface area (Å²) in [5, 5.41) is 9.80. The van der Waals surface area contributed by atoms with Crippen LogP contribution in [0.5, 0.6) is 5.75 Å². The first-order chi connectivity index (χ1) is 7.04. The molecule has 0 fully saturated rings. The summed E-state index contributed by atoms with van der Waals surface area (Å²) in [7, 11) is 0. The highest BCUT2D eigenvalue weighted by Crippen LogP contribution is 2.28. The fourth-order valence-corrected chi connectivity index (χ4v) is 1.77. The van der Waals surface area contributed by atoms with Crippen LogP contribution in [0.2, 0.25) is 0 Å². The van der Waals surface area contributed by atoms with Crippen molar-refractivity contribution in [3.05, 3.63) is 33.8 Å². The molecule has 0 aliphatic rings. The van der Waals surface area contributed by atoms with Gasteiger partial charge in [-0.3, -0.25) is 4.79 Å². The van der Waals surface area contributed by atoms with Crippen LogP contribution in [0, 0.1) is 0 Å². The van der Waals surface area contributed by atoms with Crippen molar-refractivity contribution in [2.45, 2.75) is 13.3 Å². The number of phenolic OH excluding ortho intramolecular Hbond substituents is 1. The molecule has 1 rings (SSSR count). The number of nitrogens with two attached hydrogens (primary N) is 1. The predicted molar refractivity (Wildman–Crippen MR) is 63.4 cm³/mol. The average Bonchev–Trinajstić information content (AvgIpc) is 2.18. The Balaban J connectivity index is 3.17. The van der Waals surface area contributed by atoms with Crippen molar-refractivity contribution in [2.75, 3.05) is 0 Å². The minimum absolute atomic E-state index is 0.193. The van der Waals surface area contributed by atoms with Crippen molar-refractivity contribution in [1.29, 1.82) is 0 Å². The third kappa shape index (κ3) is 3.09. The van der Waals surface area contributed by atoms with Crippen molar-refractivity contribution in [1.82, 2.24) is 0 Å². The van der Waals surface area contributed by atoms with Crippen LogP contribution in [0.3, 0.4) is 0 Å². The largest absolute Gasteiger partial charge is 0.507 e. The molecule has 80 valence electrons. The van der Waals surface area contributed by atoms with Gasteiger partial charge in [0, 0.05) is 16.1 Å². The summed E-state index contributed by atoms with van der Waals surface area (Å²) in [6.07, 6.45) is 3.45. The van der Waals surface area contributed by atoms with Gasteiger partial charge in [-0.05, 0) is 30.2 Å². The second kappa shape index (κ2) is 4.98. The van der Waals surface area contributed by atoms with Gasteiger partial charge >= 0.3 is 0 Å². The molecule has 0 saturated carbocycles. The number of aryl methyl sites for hydroxylation is 1. The number of hydrogen-bond acceptors (Lipinski definition) is 2. The summed E-state index contributed by atoms with van der Waals surface area (Å²) in [6, 6.07) is 3.57. The second-order valence-electron chi connectivity index (χ2n) is 3.09. The number of carbonyl (C=O) groups is 1. The lowest BCUT2D eigenvalue weighted by atomic mass is 10.1. The maximum atomic E-state index is 10.6. The van der Waals surface area contributed by atoms with E-state index in [0.29, 0.717) is 5.56 Å². The lowest BCUT2D eigenvalue weighted by Crippen LogP contribution is -2.05. The summed E-state index contributed by atoms with van der Waals surface area (Å²) in [5.74, 6) is -0.342. The van der Waals surface area contributed by atoms with Crippen LogP contribution < -0.4 is 5.73 Å². The van der Waals surface area contributed by atoms with E-state index in [4.69, 9.17) is 5.73 Å². The van der Waals surface area contributed by atoms with E-state index in [1.165, 1.54) is 12.2 Å². The molecular formula is C11H12BrNO2. The number of primary amides is 1. The molecule has 0 aromatic heterocycles. The smallest absolute Gasteiger partial charge is 0.241 e. The van der Waals surface area contributed by atoms with Crippen molar-refractivity contribution in [3.63, 3.8) is 0 Å². The van der Waals surface area contributed by atoms with Crippen LogP contribution in [-0.4, -0.2) is 11.0 Å². The number of aromatic hydroxyl groups is 1. The predicted octanol–water partition coefficient (Wildman–Crippen LogP) is 2.22. The molecule has 4 heteroatoms. The van der Waals surface area contributed by atoms with Crippen molar-refractivity contribution < 1.29 is 9.90 Å². The van der Waals surface area contributed by atoms with E-state index >= 15 is 0 Å². The highest BCUT2D eigenvalue weighted by Gasteiger charge is 2.05. The SMILES string of the molecule is CCc1cc(Br)cc(/C=C/C(N)=O)c1O. The maximum absolute atomic E-state index is 10.6. The molecule has 0 atom stereocenters. The van der Waals surface area contributed by atoms with Crippen LogP contribution in [0.15, 0.2) is 22.7 Å². The lowest BCUT2D eigenvalue weighted by molar-refractivity contribution is -0.113. The number of amides is 1. The molecule has 0 radical (unpaired) electrons. The number of rotatable bonds is 3. The zero-order valence-electron chi connectivity index (χ0n) is 8.33. The fraction of sp³-hybridized carbons (Fsp3) is 0.182. The zero-order valence-corrected chi connectivity index (χ0v) is 9.91. The van der Waals surface area contributed by atoms with Crippen molar-refractivity contribution >= 4 is 27.9 Å². The molecule has 0 heterocycles. The van der Waals surface area contributed by atoms with E-state index in [1.807, 2.05) is 13.0 Å². The highest BCUT2D eigenvalue weighted by atomic mass is 79.9. The molecule has 1 amide bonds. The Morgan fingerprint density at radius 1 is 1.60 bits per heavy atom. The molecule has 0 aliphatic heterocycles. The number of carbonyl (C=O) groups excluding carboxylic acids is 1. The standard InChI is InChI=1S/C11H12BrNO2/c1-2-7-5-9(12)6-8(11(7)15)3-4-10(13)14/h3-6,15H,2H2,1H3,(H2,13,14)/b4-3+. The van der Waals surface area contributed by atoms with E-state index in [0.717, 1.165) is 16.5 Å². The Morgan fingerprint density at radius 3 is 2.80 bits per heavy atom. The molecule has 0 bridgehead atoms. The molecule has 0 unspecified atom stereocenters. The van der Waals surface area contributed by atoms with Gasteiger partial charge in [0.2, 0.25) is 5.91 Å². The van der Waals surface area contributed by atoms with Crippen LogP contribution in [0.1, 0.15) is 18.1 Å². The Hall–Kier alpha value is -1.29. The molecule has 1 aromatic carbocycles. The van der Waals surface area contributed by atoms with Crippen LogP contribution in [-0.2, 0) is 11.2 Å². The molecule has 1 aromatic rings. The van der Waals surface area contributed by atoms with E-state index in [1.54, 1.807) is 6.07 Å². The fourth-order valence-electron chi connectivity index (χ4n) is 1.25. The van der Waals surface area contributed by atoms with Gasteiger partial charge in [0.25, 0.3) is 0 Å². The third-order valence-corrected chi connectivity index (χ3v) is 2.45. The Kier molecular flexibility index (Phi) is 3.91. The minimum atomic E-state index is -0.535. The summed E-state index contributed by atoms with van der Waals surface area (Å²) < 4.78 is 0.862. The summed E-state index contributed by atoms with van der Waals surface area (Å²) >= 11 is 3.33. The molecule has 0 aliphatic carbocycles. The van der Waals surface area contributed by atoms with Gasteiger partial charge in [0.15, 0.2) is 0 Å². The summed E-state index contributed by atoms with van der Waals surface area (Å²) in [6.45, 7) is 1.95. The van der Waals surface area contributed by atoms with Crippen molar-refractivity contribution in [2.24, 2.45) is 5.73 Å². The molecule has 3 N–H and O–H groups in total. The van der Waals surface area contributed by atoms with Gasteiger partial charge in [0.1, 0.15) is 5.75 Å². The number of halogens is 1. The first kappa shape index (κ1) is 11.8. The van der Waals surface area contributed by atoms with E-state index in [-0.39, 0.29) is 5.75 Å². The topological polar surface area (TPSA) is 63.3 Å². The molecule has 3 nitrogen and oxygen atoms in total. The molecule has 0 saturated heterocycles. The second-order valence-corrected chi connectivity index (χ2v) is 4.01. The number of benzene rings is 1. The normalized spacial score (nSPS) is 10.8.